The number of rotatable bonds is 12. The molecule has 0 aliphatic heterocycles. The van der Waals surface area contributed by atoms with Crippen LogP contribution >= 0.6 is 11.6 Å². The van der Waals surface area contributed by atoms with Gasteiger partial charge >= 0.3 is 0 Å². The van der Waals surface area contributed by atoms with Gasteiger partial charge in [-0.15, -0.1) is 0 Å². The summed E-state index contributed by atoms with van der Waals surface area (Å²) in [5, 5.41) is 19.5. The molecule has 0 aliphatic rings. The van der Waals surface area contributed by atoms with Crippen molar-refractivity contribution in [2.24, 2.45) is 0 Å². The van der Waals surface area contributed by atoms with Crippen molar-refractivity contribution < 1.29 is 10.2 Å². The van der Waals surface area contributed by atoms with Crippen LogP contribution in [0.2, 0.25) is 5.02 Å². The van der Waals surface area contributed by atoms with Gasteiger partial charge in [-0.1, -0.05) is 75.1 Å². The molecule has 0 heterocycles. The molecule has 0 radical (unpaired) electrons. The first-order valence-corrected chi connectivity index (χ1v) is 8.66. The van der Waals surface area contributed by atoms with Crippen molar-refractivity contribution in [1.82, 2.24) is 0 Å². The highest BCUT2D eigenvalue weighted by molar-refractivity contribution is 6.30. The van der Waals surface area contributed by atoms with E-state index >= 15 is 0 Å². The van der Waals surface area contributed by atoms with Crippen molar-refractivity contribution in [1.29, 1.82) is 0 Å². The molecule has 1 aromatic carbocycles. The molecule has 0 saturated carbocycles. The molecule has 0 aliphatic carbocycles. The zero-order valence-electron chi connectivity index (χ0n) is 12.9. The van der Waals surface area contributed by atoms with Crippen molar-refractivity contribution in [2.45, 2.75) is 70.3 Å². The molecule has 2 N–H and O–H groups in total. The topological polar surface area (TPSA) is 40.5 Å². The van der Waals surface area contributed by atoms with Gasteiger partial charge in [-0.05, 0) is 30.5 Å². The molecule has 2 nitrogen and oxygen atoms in total. The summed E-state index contributed by atoms with van der Waals surface area (Å²) < 4.78 is 0. The van der Waals surface area contributed by atoms with Gasteiger partial charge in [-0.3, -0.25) is 0 Å². The highest BCUT2D eigenvalue weighted by Gasteiger charge is 2.06. The van der Waals surface area contributed by atoms with Crippen molar-refractivity contribution in [3.63, 3.8) is 0 Å². The maximum Gasteiger partial charge on any atom is 0.0790 e. The first-order valence-electron chi connectivity index (χ1n) is 8.28. The lowest BCUT2D eigenvalue weighted by Gasteiger charge is -2.10. The largest absolute Gasteiger partial charge is 0.396 e. The molecule has 0 aromatic heterocycles. The summed E-state index contributed by atoms with van der Waals surface area (Å²) in [7, 11) is 0. The number of benzene rings is 1. The Morgan fingerprint density at radius 1 is 0.762 bits per heavy atom. The molecule has 3 heteroatoms. The summed E-state index contributed by atoms with van der Waals surface area (Å²) in [4.78, 5) is 0. The first-order chi connectivity index (χ1) is 10.2. The third-order valence-electron chi connectivity index (χ3n) is 3.89. The molecule has 0 bridgehead atoms. The molecule has 21 heavy (non-hydrogen) atoms. The monoisotopic (exact) mass is 312 g/mol. The van der Waals surface area contributed by atoms with Crippen molar-refractivity contribution in [2.75, 3.05) is 6.61 Å². The van der Waals surface area contributed by atoms with Crippen LogP contribution in [0.1, 0.15) is 75.9 Å². The molecule has 1 aromatic rings. The predicted molar refractivity (Wildman–Crippen MR) is 89.7 cm³/mol. The number of hydrogen-bond donors (Lipinski definition) is 2. The Morgan fingerprint density at radius 3 is 1.76 bits per heavy atom. The Kier molecular flexibility index (Phi) is 10.6. The Labute approximate surface area is 134 Å². The van der Waals surface area contributed by atoms with Crippen molar-refractivity contribution in [3.8, 4) is 0 Å². The molecule has 0 fully saturated rings. The van der Waals surface area contributed by atoms with Crippen LogP contribution in [-0.2, 0) is 0 Å². The third kappa shape index (κ3) is 9.13. The van der Waals surface area contributed by atoms with E-state index in [0.717, 1.165) is 31.2 Å². The molecular formula is C18H29ClO2. The Hall–Kier alpha value is -0.570. The van der Waals surface area contributed by atoms with Gasteiger partial charge in [0.25, 0.3) is 0 Å². The first kappa shape index (κ1) is 18.5. The van der Waals surface area contributed by atoms with Crippen LogP contribution in [-0.4, -0.2) is 16.8 Å². The number of unbranched alkanes of at least 4 members (excludes halogenated alkanes) is 8. The van der Waals surface area contributed by atoms with E-state index < -0.39 is 0 Å². The molecule has 1 atom stereocenters. The fraction of sp³-hybridized carbons (Fsp3) is 0.667. The lowest BCUT2D eigenvalue weighted by molar-refractivity contribution is 0.163. The maximum absolute atomic E-state index is 10.1. The molecular weight excluding hydrogens is 284 g/mol. The van der Waals surface area contributed by atoms with Crippen LogP contribution in [0.15, 0.2) is 24.3 Å². The van der Waals surface area contributed by atoms with E-state index in [1.165, 1.54) is 38.5 Å². The average molecular weight is 313 g/mol. The van der Waals surface area contributed by atoms with Crippen molar-refractivity contribution in [3.05, 3.63) is 34.9 Å². The lowest BCUT2D eigenvalue weighted by Crippen LogP contribution is -1.97. The summed E-state index contributed by atoms with van der Waals surface area (Å²) in [6.07, 6.45) is 11.2. The second-order valence-corrected chi connectivity index (χ2v) is 6.20. The van der Waals surface area contributed by atoms with Gasteiger partial charge < -0.3 is 10.2 Å². The van der Waals surface area contributed by atoms with E-state index in [1.807, 2.05) is 24.3 Å². The van der Waals surface area contributed by atoms with Gasteiger partial charge in [0, 0.05) is 11.6 Å². The second kappa shape index (κ2) is 12.0. The van der Waals surface area contributed by atoms with Crippen LogP contribution in [0.4, 0.5) is 0 Å². The van der Waals surface area contributed by atoms with E-state index in [1.54, 1.807) is 0 Å². The van der Waals surface area contributed by atoms with Crippen LogP contribution < -0.4 is 0 Å². The van der Waals surface area contributed by atoms with Crippen molar-refractivity contribution >= 4 is 11.6 Å². The van der Waals surface area contributed by atoms with E-state index in [4.69, 9.17) is 16.7 Å². The quantitative estimate of drug-likeness (QED) is 0.516. The highest BCUT2D eigenvalue weighted by Crippen LogP contribution is 2.22. The summed E-state index contributed by atoms with van der Waals surface area (Å²) in [6, 6.07) is 7.46. The highest BCUT2D eigenvalue weighted by atomic mass is 35.5. The molecule has 1 unspecified atom stereocenters. The number of aliphatic hydroxyl groups is 2. The minimum atomic E-state index is -0.360. The Balaban J connectivity index is 1.95. The number of halogens is 1. The average Bonchev–Trinajstić information content (AvgIpc) is 2.49. The van der Waals surface area contributed by atoms with Gasteiger partial charge in [-0.25, -0.2) is 0 Å². The van der Waals surface area contributed by atoms with Gasteiger partial charge in [-0.2, -0.15) is 0 Å². The van der Waals surface area contributed by atoms with Crippen LogP contribution in [0, 0.1) is 0 Å². The minimum absolute atomic E-state index is 0.329. The van der Waals surface area contributed by atoms with Gasteiger partial charge in [0.15, 0.2) is 0 Å². The van der Waals surface area contributed by atoms with E-state index in [2.05, 4.69) is 0 Å². The number of hydrogen-bond acceptors (Lipinski definition) is 2. The second-order valence-electron chi connectivity index (χ2n) is 5.76. The van der Waals surface area contributed by atoms with Gasteiger partial charge in [0.2, 0.25) is 0 Å². The summed E-state index contributed by atoms with van der Waals surface area (Å²) >= 11 is 5.84. The molecule has 1 rings (SSSR count). The summed E-state index contributed by atoms with van der Waals surface area (Å²) in [5.74, 6) is 0. The summed E-state index contributed by atoms with van der Waals surface area (Å²) in [5.41, 5.74) is 0.961. The lowest BCUT2D eigenvalue weighted by atomic mass is 10.0. The maximum atomic E-state index is 10.1. The van der Waals surface area contributed by atoms with Gasteiger partial charge in [0.1, 0.15) is 0 Å². The minimum Gasteiger partial charge on any atom is -0.396 e. The summed E-state index contributed by atoms with van der Waals surface area (Å²) in [6.45, 7) is 0.329. The zero-order chi connectivity index (χ0) is 15.3. The number of aliphatic hydroxyl groups excluding tert-OH is 2. The van der Waals surface area contributed by atoms with E-state index in [9.17, 15) is 5.11 Å². The fourth-order valence-electron chi connectivity index (χ4n) is 2.54. The zero-order valence-corrected chi connectivity index (χ0v) is 13.7. The molecule has 0 spiro atoms. The fourth-order valence-corrected chi connectivity index (χ4v) is 2.66. The van der Waals surface area contributed by atoms with Crippen LogP contribution in [0.25, 0.3) is 0 Å². The van der Waals surface area contributed by atoms with E-state index in [0.29, 0.717) is 11.6 Å². The SMILES string of the molecule is OCCCCCCCCCCCC(O)c1ccc(Cl)cc1. The molecule has 0 amide bonds. The van der Waals surface area contributed by atoms with Crippen LogP contribution in [0.3, 0.4) is 0 Å². The molecule has 0 saturated heterocycles. The molecule has 120 valence electrons. The van der Waals surface area contributed by atoms with E-state index in [-0.39, 0.29) is 6.10 Å². The van der Waals surface area contributed by atoms with Gasteiger partial charge in [0.05, 0.1) is 6.10 Å². The Bertz CT molecular complexity index is 351. The Morgan fingerprint density at radius 2 is 1.24 bits per heavy atom. The predicted octanol–water partition coefficient (Wildman–Crippen LogP) is 5.27. The normalized spacial score (nSPS) is 12.5. The smallest absolute Gasteiger partial charge is 0.0790 e. The van der Waals surface area contributed by atoms with Crippen LogP contribution in [0.5, 0.6) is 0 Å². The third-order valence-corrected chi connectivity index (χ3v) is 4.14. The standard InChI is InChI=1S/C18H29ClO2/c19-17-13-11-16(12-14-17)18(21)10-8-6-4-2-1-3-5-7-9-15-20/h11-14,18,20-21H,1-10,15H2.